The van der Waals surface area contributed by atoms with Crippen molar-refractivity contribution in [3.05, 3.63) is 64.2 Å². The van der Waals surface area contributed by atoms with Gasteiger partial charge in [-0.2, -0.15) is 5.10 Å². The number of nitrogens with one attached hydrogen (secondary N) is 1. The minimum Gasteiger partial charge on any atom is -0.466 e. The molecule has 1 atom stereocenters. The largest absolute Gasteiger partial charge is 0.466 e. The maximum Gasteiger partial charge on any atom is 0.208 e. The fourth-order valence-corrected chi connectivity index (χ4v) is 5.21. The summed E-state index contributed by atoms with van der Waals surface area (Å²) in [4.78, 5) is 1.66. The summed E-state index contributed by atoms with van der Waals surface area (Å²) >= 11 is 6.11. The van der Waals surface area contributed by atoms with Crippen molar-refractivity contribution in [2.24, 2.45) is 5.10 Å². The van der Waals surface area contributed by atoms with Crippen LogP contribution in [0.1, 0.15) is 55.8 Å². The van der Waals surface area contributed by atoms with Gasteiger partial charge in [0.1, 0.15) is 5.75 Å². The molecule has 1 fully saturated rings. The normalized spacial score (nSPS) is 28.2. The molecule has 0 radical (unpaired) electrons. The second-order valence-electron chi connectivity index (χ2n) is 9.02. The van der Waals surface area contributed by atoms with Gasteiger partial charge >= 0.3 is 0 Å². The second-order valence-corrected chi connectivity index (χ2v) is 9.46. The van der Waals surface area contributed by atoms with Gasteiger partial charge < -0.3 is 9.64 Å². The summed E-state index contributed by atoms with van der Waals surface area (Å²) in [6.45, 7) is 9.00. The van der Waals surface area contributed by atoms with E-state index in [1.807, 2.05) is 12.1 Å². The van der Waals surface area contributed by atoms with Crippen LogP contribution in [0.5, 0.6) is 5.75 Å². The van der Waals surface area contributed by atoms with E-state index in [1.165, 1.54) is 11.1 Å². The van der Waals surface area contributed by atoms with Gasteiger partial charge in [0, 0.05) is 17.0 Å². The lowest BCUT2D eigenvalue weighted by molar-refractivity contribution is -0.929. The Morgan fingerprint density at radius 2 is 1.86 bits per heavy atom. The molecular weight excluding hydrogens is 382 g/mol. The average Bonchev–Trinajstić information content (AvgIpc) is 3.16. The van der Waals surface area contributed by atoms with Gasteiger partial charge in [-0.15, -0.1) is 0 Å². The van der Waals surface area contributed by atoms with Gasteiger partial charge in [0.2, 0.25) is 5.72 Å². The third-order valence-corrected chi connectivity index (χ3v) is 7.07. The summed E-state index contributed by atoms with van der Waals surface area (Å²) in [5.74, 6) is 1.04. The van der Waals surface area contributed by atoms with Crippen LogP contribution in [-0.2, 0) is 0 Å². The molecule has 1 saturated heterocycles. The minimum atomic E-state index is -0.334. The summed E-state index contributed by atoms with van der Waals surface area (Å²) in [6.07, 6.45) is 2.91. The van der Waals surface area contributed by atoms with Gasteiger partial charge in [-0.25, -0.2) is 5.01 Å². The Bertz CT molecular complexity index is 945. The Morgan fingerprint density at radius 1 is 1.14 bits per heavy atom. The molecule has 0 amide bonds. The van der Waals surface area contributed by atoms with Crippen LogP contribution in [0, 0.1) is 6.92 Å². The zero-order chi connectivity index (χ0) is 20.2. The Morgan fingerprint density at radius 3 is 2.55 bits per heavy atom. The fraction of sp³-hybridized carbons (Fsp3) is 0.458. The van der Waals surface area contributed by atoms with E-state index >= 15 is 0 Å². The van der Waals surface area contributed by atoms with E-state index < -0.39 is 0 Å². The molecule has 3 aliphatic rings. The minimum absolute atomic E-state index is 0.241. The molecule has 1 N–H and O–H groups in total. The van der Waals surface area contributed by atoms with E-state index in [-0.39, 0.29) is 11.8 Å². The third kappa shape index (κ3) is 3.23. The lowest BCUT2D eigenvalue weighted by Gasteiger charge is -2.50. The summed E-state index contributed by atoms with van der Waals surface area (Å²) in [6, 6.07) is 15.5. The number of rotatable bonds is 2. The van der Waals surface area contributed by atoms with Gasteiger partial charge in [0.15, 0.2) is 0 Å². The number of ether oxygens (including phenoxy) is 1. The first-order chi connectivity index (χ1) is 13.9. The number of fused-ring (bicyclic) bond motifs is 4. The number of halogens is 1. The van der Waals surface area contributed by atoms with Crippen molar-refractivity contribution in [1.29, 1.82) is 0 Å². The number of quaternary nitrogens is 1. The molecule has 152 valence electrons. The molecule has 0 bridgehead atoms. The van der Waals surface area contributed by atoms with Gasteiger partial charge in [0.25, 0.3) is 0 Å². The highest BCUT2D eigenvalue weighted by molar-refractivity contribution is 6.30. The number of hydrazone groups is 1. The van der Waals surface area contributed by atoms with E-state index in [2.05, 4.69) is 56.1 Å². The van der Waals surface area contributed by atoms with Gasteiger partial charge in [-0.1, -0.05) is 41.4 Å². The average molecular weight is 411 g/mol. The molecule has 0 saturated carbocycles. The Kier molecular flexibility index (Phi) is 4.60. The van der Waals surface area contributed by atoms with E-state index in [4.69, 9.17) is 21.4 Å². The van der Waals surface area contributed by atoms with Crippen molar-refractivity contribution in [1.82, 2.24) is 5.01 Å². The lowest BCUT2D eigenvalue weighted by atomic mass is 9.90. The number of likely N-dealkylation sites (tertiary alicyclic amines) is 1. The van der Waals surface area contributed by atoms with Crippen LogP contribution in [0.3, 0.4) is 0 Å². The number of nitrogens with zero attached hydrogens (tertiary/aromatic N) is 2. The molecule has 2 aromatic rings. The van der Waals surface area contributed by atoms with E-state index in [1.54, 1.807) is 4.90 Å². The van der Waals surface area contributed by atoms with E-state index in [0.717, 1.165) is 54.4 Å². The molecule has 3 aliphatic heterocycles. The Balaban J connectivity index is 1.54. The summed E-state index contributed by atoms with van der Waals surface area (Å²) in [7, 11) is 0. The summed E-state index contributed by atoms with van der Waals surface area (Å²) in [5.41, 5.74) is 4.48. The molecule has 0 aliphatic carbocycles. The third-order valence-electron chi connectivity index (χ3n) is 6.82. The van der Waals surface area contributed by atoms with Crippen LogP contribution in [0.2, 0.25) is 5.02 Å². The number of hydrogen-bond donors (Lipinski definition) is 1. The molecule has 3 heterocycles. The summed E-state index contributed by atoms with van der Waals surface area (Å²) < 4.78 is 6.75. The molecule has 2 aromatic carbocycles. The monoisotopic (exact) mass is 410 g/mol. The molecule has 1 spiro atoms. The number of hydrogen-bond acceptors (Lipinski definition) is 3. The molecule has 0 unspecified atom stereocenters. The quantitative estimate of drug-likeness (QED) is 0.811. The first-order valence-corrected chi connectivity index (χ1v) is 11.1. The first-order valence-electron chi connectivity index (χ1n) is 10.7. The molecule has 29 heavy (non-hydrogen) atoms. The SMILES string of the molecule is Cc1ccc2c(c1)[C@H]1CC(c3ccc(Cl)cc3)=NN1C1(CC[NH+](C(C)C)CC1)O2. The smallest absolute Gasteiger partial charge is 0.208 e. The highest BCUT2D eigenvalue weighted by atomic mass is 35.5. The molecule has 5 heteroatoms. The second kappa shape index (κ2) is 7.03. The van der Waals surface area contributed by atoms with E-state index in [9.17, 15) is 0 Å². The van der Waals surface area contributed by atoms with Gasteiger partial charge in [-0.05, 0) is 44.5 Å². The number of aryl methyl sites for hydroxylation is 1. The molecular formula is C24H29ClN3O+. The summed E-state index contributed by atoms with van der Waals surface area (Å²) in [5, 5.41) is 8.22. The molecule has 5 rings (SSSR count). The van der Waals surface area contributed by atoms with Crippen LogP contribution in [0.15, 0.2) is 47.6 Å². The maximum atomic E-state index is 6.75. The zero-order valence-corrected chi connectivity index (χ0v) is 18.2. The predicted molar refractivity (Wildman–Crippen MR) is 117 cm³/mol. The van der Waals surface area contributed by atoms with Crippen molar-refractivity contribution in [3.63, 3.8) is 0 Å². The Hall–Kier alpha value is -2.04. The Labute approximate surface area is 178 Å². The first kappa shape index (κ1) is 19.0. The predicted octanol–water partition coefficient (Wildman–Crippen LogP) is 3.98. The molecule has 0 aromatic heterocycles. The van der Waals surface area contributed by atoms with Crippen molar-refractivity contribution < 1.29 is 9.64 Å². The van der Waals surface area contributed by atoms with Crippen LogP contribution in [0.4, 0.5) is 0 Å². The maximum absolute atomic E-state index is 6.75. The van der Waals surface area contributed by atoms with Crippen LogP contribution in [0.25, 0.3) is 0 Å². The van der Waals surface area contributed by atoms with Crippen LogP contribution < -0.4 is 9.64 Å². The topological polar surface area (TPSA) is 29.3 Å². The standard InChI is InChI=1S/C24H28ClN3O/c1-16(2)27-12-10-24(11-13-27)28-22(20-14-17(3)4-9-23(20)29-24)15-21(26-28)18-5-7-19(25)8-6-18/h4-9,14,16,22H,10-13,15H2,1-3H3/p+1/t22-/m1/s1. The van der Waals surface area contributed by atoms with Crippen LogP contribution in [-0.4, -0.2) is 35.6 Å². The van der Waals surface area contributed by atoms with Crippen molar-refractivity contribution in [2.75, 3.05) is 13.1 Å². The zero-order valence-electron chi connectivity index (χ0n) is 17.4. The van der Waals surface area contributed by atoms with Crippen LogP contribution >= 0.6 is 11.6 Å². The van der Waals surface area contributed by atoms with E-state index in [0.29, 0.717) is 6.04 Å². The van der Waals surface area contributed by atoms with Crippen molar-refractivity contribution >= 4 is 17.3 Å². The highest BCUT2D eigenvalue weighted by Crippen LogP contribution is 2.49. The molecule has 4 nitrogen and oxygen atoms in total. The van der Waals surface area contributed by atoms with Gasteiger partial charge in [0.05, 0.1) is 43.7 Å². The number of benzene rings is 2. The van der Waals surface area contributed by atoms with Crippen molar-refractivity contribution in [2.45, 2.75) is 57.8 Å². The van der Waals surface area contributed by atoms with Gasteiger partial charge in [-0.3, -0.25) is 0 Å². The number of piperidine rings is 1. The van der Waals surface area contributed by atoms with Crippen molar-refractivity contribution in [3.8, 4) is 5.75 Å². The fourth-order valence-electron chi connectivity index (χ4n) is 5.09. The lowest BCUT2D eigenvalue weighted by Crippen LogP contribution is -3.16. The highest BCUT2D eigenvalue weighted by Gasteiger charge is 2.53.